The van der Waals surface area contributed by atoms with Gasteiger partial charge in [0.25, 0.3) is 0 Å². The lowest BCUT2D eigenvalue weighted by Gasteiger charge is -2.20. The highest BCUT2D eigenvalue weighted by molar-refractivity contribution is 9.10. The molecule has 3 rings (SSSR count). The van der Waals surface area contributed by atoms with Gasteiger partial charge in [-0.05, 0) is 35.9 Å². The Morgan fingerprint density at radius 3 is 2.36 bits per heavy atom. The second kappa shape index (κ2) is 8.32. The number of hydrogen-bond donors (Lipinski definition) is 1. The maximum Gasteiger partial charge on any atom is 0.165 e. The van der Waals surface area contributed by atoms with E-state index in [9.17, 15) is 4.79 Å². The first kappa shape index (κ1) is 17.7. The number of halogens is 2. The van der Waals surface area contributed by atoms with Crippen molar-refractivity contribution in [2.75, 3.05) is 5.32 Å². The molecule has 0 aromatic heterocycles. The molecular formula is C21H17BrClNO. The molecule has 2 nitrogen and oxygen atoms in total. The lowest BCUT2D eigenvalue weighted by Crippen LogP contribution is -2.15. The first-order chi connectivity index (χ1) is 12.1. The van der Waals surface area contributed by atoms with E-state index in [0.29, 0.717) is 11.4 Å². The summed E-state index contributed by atoms with van der Waals surface area (Å²) in [5, 5.41) is 4.14. The SMILES string of the molecule is O=C(C[C@@H](Nc1cccc(Br)c1)c1ccc(Cl)cc1)c1ccccc1. The summed E-state index contributed by atoms with van der Waals surface area (Å²) in [4.78, 5) is 12.7. The Labute approximate surface area is 161 Å². The van der Waals surface area contributed by atoms with Gasteiger partial charge in [0, 0.05) is 27.2 Å². The van der Waals surface area contributed by atoms with E-state index in [2.05, 4.69) is 21.2 Å². The molecule has 0 amide bonds. The molecule has 0 bridgehead atoms. The van der Waals surface area contributed by atoms with Gasteiger partial charge in [-0.2, -0.15) is 0 Å². The monoisotopic (exact) mass is 413 g/mol. The average Bonchev–Trinajstić information content (AvgIpc) is 2.62. The van der Waals surface area contributed by atoms with Crippen LogP contribution in [-0.2, 0) is 0 Å². The molecule has 0 aliphatic heterocycles. The summed E-state index contributed by atoms with van der Waals surface area (Å²) in [7, 11) is 0. The number of carbonyl (C=O) groups is 1. The predicted molar refractivity (Wildman–Crippen MR) is 107 cm³/mol. The average molecular weight is 415 g/mol. The van der Waals surface area contributed by atoms with E-state index in [0.717, 1.165) is 21.3 Å². The van der Waals surface area contributed by atoms with Gasteiger partial charge < -0.3 is 5.32 Å². The number of rotatable bonds is 6. The van der Waals surface area contributed by atoms with Crippen molar-refractivity contribution in [3.05, 3.63) is 99.5 Å². The number of nitrogens with one attached hydrogen (secondary N) is 1. The normalized spacial score (nSPS) is 11.8. The number of Topliss-reactive ketones (excluding diaryl/α,β-unsaturated/α-hetero) is 1. The second-order valence-corrected chi connectivity index (χ2v) is 7.10. The van der Waals surface area contributed by atoms with Crippen LogP contribution >= 0.6 is 27.5 Å². The quantitative estimate of drug-likeness (QED) is 0.465. The van der Waals surface area contributed by atoms with E-state index >= 15 is 0 Å². The molecule has 0 aliphatic carbocycles. The smallest absolute Gasteiger partial charge is 0.165 e. The zero-order valence-electron chi connectivity index (χ0n) is 13.5. The number of anilines is 1. The maximum atomic E-state index is 12.7. The van der Waals surface area contributed by atoms with E-state index < -0.39 is 0 Å². The van der Waals surface area contributed by atoms with Gasteiger partial charge in [0.05, 0.1) is 6.04 Å². The Morgan fingerprint density at radius 2 is 1.68 bits per heavy atom. The fourth-order valence-electron chi connectivity index (χ4n) is 2.65. The van der Waals surface area contributed by atoms with Crippen molar-refractivity contribution in [2.24, 2.45) is 0 Å². The van der Waals surface area contributed by atoms with E-state index in [-0.39, 0.29) is 11.8 Å². The van der Waals surface area contributed by atoms with Crippen LogP contribution in [0.3, 0.4) is 0 Å². The number of benzene rings is 3. The molecule has 1 atom stereocenters. The fraction of sp³-hybridized carbons (Fsp3) is 0.0952. The van der Waals surface area contributed by atoms with E-state index in [1.54, 1.807) is 0 Å². The highest BCUT2D eigenvalue weighted by Crippen LogP contribution is 2.27. The molecule has 4 heteroatoms. The van der Waals surface area contributed by atoms with Crippen molar-refractivity contribution in [1.82, 2.24) is 0 Å². The fourth-order valence-corrected chi connectivity index (χ4v) is 3.18. The Bertz CT molecular complexity index is 849. The molecule has 0 saturated carbocycles. The second-order valence-electron chi connectivity index (χ2n) is 5.75. The van der Waals surface area contributed by atoms with Crippen LogP contribution in [0.25, 0.3) is 0 Å². The Morgan fingerprint density at radius 1 is 0.960 bits per heavy atom. The first-order valence-electron chi connectivity index (χ1n) is 7.97. The zero-order chi connectivity index (χ0) is 17.6. The minimum Gasteiger partial charge on any atom is -0.378 e. The summed E-state index contributed by atoms with van der Waals surface area (Å²) in [6.07, 6.45) is 0.359. The van der Waals surface area contributed by atoms with Gasteiger partial charge in [-0.3, -0.25) is 4.79 Å². The summed E-state index contributed by atoms with van der Waals surface area (Å²) in [6.45, 7) is 0. The van der Waals surface area contributed by atoms with Gasteiger partial charge in [-0.15, -0.1) is 0 Å². The molecule has 0 spiro atoms. The van der Waals surface area contributed by atoms with Crippen molar-refractivity contribution in [2.45, 2.75) is 12.5 Å². The van der Waals surface area contributed by atoms with Gasteiger partial charge >= 0.3 is 0 Å². The molecule has 1 N–H and O–H groups in total. The minimum atomic E-state index is -0.140. The Kier molecular flexibility index (Phi) is 5.90. The van der Waals surface area contributed by atoms with Gasteiger partial charge in [-0.25, -0.2) is 0 Å². The molecular weight excluding hydrogens is 398 g/mol. The van der Waals surface area contributed by atoms with Crippen LogP contribution in [0.2, 0.25) is 5.02 Å². The highest BCUT2D eigenvalue weighted by Gasteiger charge is 2.17. The third-order valence-corrected chi connectivity index (χ3v) is 4.67. The lowest BCUT2D eigenvalue weighted by atomic mass is 9.97. The van der Waals surface area contributed by atoms with Crippen LogP contribution in [0.1, 0.15) is 28.4 Å². The van der Waals surface area contributed by atoms with Crippen molar-refractivity contribution in [3.8, 4) is 0 Å². The third-order valence-electron chi connectivity index (χ3n) is 3.92. The summed E-state index contributed by atoms with van der Waals surface area (Å²) in [6, 6.07) is 24.7. The van der Waals surface area contributed by atoms with Gasteiger partial charge in [0.2, 0.25) is 0 Å². The topological polar surface area (TPSA) is 29.1 Å². The van der Waals surface area contributed by atoms with E-state index in [1.807, 2.05) is 78.9 Å². The highest BCUT2D eigenvalue weighted by atomic mass is 79.9. The van der Waals surface area contributed by atoms with Crippen molar-refractivity contribution >= 4 is 39.0 Å². The van der Waals surface area contributed by atoms with Crippen LogP contribution < -0.4 is 5.32 Å². The molecule has 0 saturated heterocycles. The maximum absolute atomic E-state index is 12.7. The first-order valence-corrected chi connectivity index (χ1v) is 9.15. The van der Waals surface area contributed by atoms with Crippen LogP contribution in [0, 0.1) is 0 Å². The third kappa shape index (κ3) is 4.94. The van der Waals surface area contributed by atoms with Crippen LogP contribution in [0.4, 0.5) is 5.69 Å². The largest absolute Gasteiger partial charge is 0.378 e. The summed E-state index contributed by atoms with van der Waals surface area (Å²) in [5.74, 6) is 0.100. The van der Waals surface area contributed by atoms with E-state index in [1.165, 1.54) is 0 Å². The number of hydrogen-bond acceptors (Lipinski definition) is 2. The van der Waals surface area contributed by atoms with E-state index in [4.69, 9.17) is 11.6 Å². The molecule has 0 fully saturated rings. The molecule has 0 heterocycles. The Balaban J connectivity index is 1.86. The van der Waals surface area contributed by atoms with Gasteiger partial charge in [-0.1, -0.05) is 76.1 Å². The Hall–Kier alpha value is -2.10. The molecule has 3 aromatic rings. The van der Waals surface area contributed by atoms with Gasteiger partial charge in [0.15, 0.2) is 5.78 Å². The summed E-state index contributed by atoms with van der Waals surface area (Å²) in [5.41, 5.74) is 2.70. The molecule has 126 valence electrons. The number of carbonyl (C=O) groups excluding carboxylic acids is 1. The van der Waals surface area contributed by atoms with Crippen molar-refractivity contribution in [3.63, 3.8) is 0 Å². The van der Waals surface area contributed by atoms with Crippen molar-refractivity contribution in [1.29, 1.82) is 0 Å². The molecule has 0 radical (unpaired) electrons. The van der Waals surface area contributed by atoms with Gasteiger partial charge in [0.1, 0.15) is 0 Å². The lowest BCUT2D eigenvalue weighted by molar-refractivity contribution is 0.0976. The minimum absolute atomic E-state index is 0.100. The summed E-state index contributed by atoms with van der Waals surface area (Å²) < 4.78 is 0.988. The molecule has 25 heavy (non-hydrogen) atoms. The summed E-state index contributed by atoms with van der Waals surface area (Å²) >= 11 is 9.49. The van der Waals surface area contributed by atoms with Crippen LogP contribution in [0.5, 0.6) is 0 Å². The van der Waals surface area contributed by atoms with Crippen LogP contribution in [-0.4, -0.2) is 5.78 Å². The number of ketones is 1. The zero-order valence-corrected chi connectivity index (χ0v) is 15.8. The standard InChI is InChI=1S/C21H17BrClNO/c22-17-7-4-8-19(13-17)24-20(15-9-11-18(23)12-10-15)14-21(25)16-5-2-1-3-6-16/h1-13,20,24H,14H2/t20-/m1/s1. The van der Waals surface area contributed by atoms with Crippen molar-refractivity contribution < 1.29 is 4.79 Å². The molecule has 0 aliphatic rings. The van der Waals surface area contributed by atoms with Crippen LogP contribution in [0.15, 0.2) is 83.3 Å². The predicted octanol–water partition coefficient (Wildman–Crippen LogP) is 6.53. The molecule has 3 aromatic carbocycles. The molecule has 0 unspecified atom stereocenters.